The van der Waals surface area contributed by atoms with Crippen molar-refractivity contribution < 1.29 is 23.0 Å². The van der Waals surface area contributed by atoms with E-state index in [9.17, 15) is 13.6 Å². The number of carbonyl (C=O) groups is 1. The summed E-state index contributed by atoms with van der Waals surface area (Å²) in [4.78, 5) is 13.4. The summed E-state index contributed by atoms with van der Waals surface area (Å²) >= 11 is 3.15. The maximum absolute atomic E-state index is 12.5. The quantitative estimate of drug-likeness (QED) is 0.709. The summed E-state index contributed by atoms with van der Waals surface area (Å²) < 4.78 is 35.2. The fourth-order valence-corrected chi connectivity index (χ4v) is 2.12. The molecule has 4 nitrogen and oxygen atoms in total. The molecule has 1 amide bonds. The van der Waals surface area contributed by atoms with Gasteiger partial charge in [0.25, 0.3) is 12.3 Å². The second kappa shape index (κ2) is 8.04. The van der Waals surface area contributed by atoms with E-state index in [4.69, 9.17) is 9.47 Å². The number of hydrogen-bond donors (Lipinski definition) is 0. The Balaban J connectivity index is 3.08. The molecule has 0 aliphatic rings. The van der Waals surface area contributed by atoms with Crippen molar-refractivity contribution in [2.75, 3.05) is 32.6 Å². The smallest absolute Gasteiger partial charge is 0.257 e. The molecule has 1 rings (SSSR count). The molecule has 20 heavy (non-hydrogen) atoms. The van der Waals surface area contributed by atoms with Crippen molar-refractivity contribution in [2.45, 2.75) is 6.43 Å². The first kappa shape index (κ1) is 16.7. The lowest BCUT2D eigenvalue weighted by molar-refractivity contribution is 0.0569. The Morgan fingerprint density at radius 1 is 1.35 bits per heavy atom. The number of benzene rings is 1. The predicted octanol–water partition coefficient (Wildman–Crippen LogP) is 2.81. The number of nitrogens with zero attached hydrogens (tertiary/aromatic N) is 1. The molecule has 0 aliphatic carbocycles. The van der Waals surface area contributed by atoms with Crippen LogP contribution in [0.2, 0.25) is 0 Å². The Morgan fingerprint density at radius 2 is 2.05 bits per heavy atom. The van der Waals surface area contributed by atoms with Gasteiger partial charge < -0.3 is 14.4 Å². The van der Waals surface area contributed by atoms with Gasteiger partial charge in [-0.05, 0) is 18.2 Å². The van der Waals surface area contributed by atoms with E-state index >= 15 is 0 Å². The van der Waals surface area contributed by atoms with Crippen molar-refractivity contribution in [3.05, 3.63) is 23.8 Å². The van der Waals surface area contributed by atoms with E-state index in [0.717, 1.165) is 4.90 Å². The zero-order chi connectivity index (χ0) is 15.1. The summed E-state index contributed by atoms with van der Waals surface area (Å²) in [6, 6.07) is 4.69. The number of halogens is 3. The van der Waals surface area contributed by atoms with Crippen LogP contribution in [0.3, 0.4) is 0 Å². The summed E-state index contributed by atoms with van der Waals surface area (Å²) in [6.45, 7) is -0.436. The summed E-state index contributed by atoms with van der Waals surface area (Å²) in [5.74, 6) is 0.273. The van der Waals surface area contributed by atoms with Crippen LogP contribution in [0.4, 0.5) is 8.78 Å². The maximum Gasteiger partial charge on any atom is 0.257 e. The van der Waals surface area contributed by atoms with Gasteiger partial charge >= 0.3 is 0 Å². The monoisotopic (exact) mass is 351 g/mol. The highest BCUT2D eigenvalue weighted by atomic mass is 79.9. The second-order valence-electron chi connectivity index (χ2n) is 3.90. The maximum atomic E-state index is 12.5. The van der Waals surface area contributed by atoms with Crippen LogP contribution in [0.25, 0.3) is 0 Å². The lowest BCUT2D eigenvalue weighted by Gasteiger charge is -2.22. The topological polar surface area (TPSA) is 38.8 Å². The van der Waals surface area contributed by atoms with Gasteiger partial charge in [0.2, 0.25) is 0 Å². The number of methoxy groups -OCH3 is 2. The average molecular weight is 352 g/mol. The van der Waals surface area contributed by atoms with Crippen molar-refractivity contribution in [3.63, 3.8) is 0 Å². The number of hydrogen-bond acceptors (Lipinski definition) is 3. The molecule has 0 aliphatic heterocycles. The van der Waals surface area contributed by atoms with Crippen LogP contribution in [-0.2, 0) is 0 Å². The Kier molecular flexibility index (Phi) is 6.70. The number of amides is 1. The predicted molar refractivity (Wildman–Crippen MR) is 75.2 cm³/mol. The molecule has 7 heteroatoms. The van der Waals surface area contributed by atoms with Crippen LogP contribution in [0.1, 0.15) is 10.4 Å². The molecular formula is C13H16BrF2NO3. The molecule has 0 heterocycles. The van der Waals surface area contributed by atoms with E-state index < -0.39 is 18.9 Å². The van der Waals surface area contributed by atoms with Crippen molar-refractivity contribution in [2.24, 2.45) is 0 Å². The van der Waals surface area contributed by atoms with E-state index in [0.29, 0.717) is 16.8 Å². The first-order chi connectivity index (χ1) is 9.53. The van der Waals surface area contributed by atoms with E-state index in [-0.39, 0.29) is 12.1 Å². The van der Waals surface area contributed by atoms with Crippen LogP contribution >= 0.6 is 15.9 Å². The van der Waals surface area contributed by atoms with Crippen LogP contribution < -0.4 is 9.47 Å². The van der Waals surface area contributed by atoms with Gasteiger partial charge in [-0.2, -0.15) is 0 Å². The summed E-state index contributed by atoms with van der Waals surface area (Å²) in [6.07, 6.45) is -2.59. The SMILES string of the molecule is COc1ccc(OC)c(C(=O)N(CCBr)CC(F)F)c1. The van der Waals surface area contributed by atoms with Crippen LogP contribution in [0.5, 0.6) is 11.5 Å². The minimum atomic E-state index is -2.59. The Hall–Kier alpha value is -1.37. The highest BCUT2D eigenvalue weighted by Crippen LogP contribution is 2.25. The highest BCUT2D eigenvalue weighted by molar-refractivity contribution is 9.09. The molecular weight excluding hydrogens is 336 g/mol. The highest BCUT2D eigenvalue weighted by Gasteiger charge is 2.22. The zero-order valence-electron chi connectivity index (χ0n) is 11.2. The van der Waals surface area contributed by atoms with Gasteiger partial charge in [-0.1, -0.05) is 15.9 Å². The number of alkyl halides is 3. The van der Waals surface area contributed by atoms with Crippen molar-refractivity contribution in [1.82, 2.24) is 4.90 Å². The molecule has 0 saturated heterocycles. The Bertz CT molecular complexity index is 457. The fraction of sp³-hybridized carbons (Fsp3) is 0.462. The van der Waals surface area contributed by atoms with Gasteiger partial charge in [-0.15, -0.1) is 0 Å². The molecule has 112 valence electrons. The van der Waals surface area contributed by atoms with E-state index in [1.165, 1.54) is 20.3 Å². The molecule has 0 bridgehead atoms. The standard InChI is InChI=1S/C13H16BrF2NO3/c1-19-9-3-4-11(20-2)10(7-9)13(18)17(6-5-14)8-12(15)16/h3-4,7,12H,5-6,8H2,1-2H3. The third-order valence-electron chi connectivity index (χ3n) is 2.64. The minimum Gasteiger partial charge on any atom is -0.497 e. The number of carbonyl (C=O) groups excluding carboxylic acids is 1. The third-order valence-corrected chi connectivity index (χ3v) is 2.99. The Morgan fingerprint density at radius 3 is 2.55 bits per heavy atom. The Labute approximate surface area is 124 Å². The molecule has 1 aromatic carbocycles. The molecule has 0 unspecified atom stereocenters. The van der Waals surface area contributed by atoms with Crippen LogP contribution in [0.15, 0.2) is 18.2 Å². The van der Waals surface area contributed by atoms with Crippen LogP contribution in [0, 0.1) is 0 Å². The molecule has 1 aromatic rings. The van der Waals surface area contributed by atoms with Gasteiger partial charge in [-0.3, -0.25) is 4.79 Å². The summed E-state index contributed by atoms with van der Waals surface area (Å²) in [5.41, 5.74) is 0.202. The second-order valence-corrected chi connectivity index (χ2v) is 4.69. The first-order valence-electron chi connectivity index (χ1n) is 5.88. The van der Waals surface area contributed by atoms with E-state index in [1.807, 2.05) is 0 Å². The molecule has 0 radical (unpaired) electrons. The molecule has 0 saturated carbocycles. The van der Waals surface area contributed by atoms with Crippen molar-refractivity contribution in [1.29, 1.82) is 0 Å². The third kappa shape index (κ3) is 4.33. The van der Waals surface area contributed by atoms with Gasteiger partial charge in [0.15, 0.2) is 0 Å². The van der Waals surface area contributed by atoms with Crippen LogP contribution in [-0.4, -0.2) is 49.9 Å². The van der Waals surface area contributed by atoms with Crippen molar-refractivity contribution >= 4 is 21.8 Å². The summed E-state index contributed by atoms with van der Waals surface area (Å²) in [5, 5.41) is 0.414. The summed E-state index contributed by atoms with van der Waals surface area (Å²) in [7, 11) is 2.88. The average Bonchev–Trinajstić information content (AvgIpc) is 2.44. The minimum absolute atomic E-state index is 0.184. The first-order valence-corrected chi connectivity index (χ1v) is 7.01. The van der Waals surface area contributed by atoms with E-state index in [2.05, 4.69) is 15.9 Å². The number of ether oxygens (including phenoxy) is 2. The molecule has 0 spiro atoms. The van der Waals surface area contributed by atoms with E-state index in [1.54, 1.807) is 12.1 Å². The lowest BCUT2D eigenvalue weighted by Crippen LogP contribution is -2.36. The van der Waals surface area contributed by atoms with Gasteiger partial charge in [0, 0.05) is 11.9 Å². The molecule has 0 aromatic heterocycles. The fourth-order valence-electron chi connectivity index (χ4n) is 1.70. The normalized spacial score (nSPS) is 10.5. The largest absolute Gasteiger partial charge is 0.497 e. The van der Waals surface area contributed by atoms with Gasteiger partial charge in [0.05, 0.1) is 26.3 Å². The zero-order valence-corrected chi connectivity index (χ0v) is 12.8. The molecule has 0 atom stereocenters. The lowest BCUT2D eigenvalue weighted by atomic mass is 10.1. The van der Waals surface area contributed by atoms with Gasteiger partial charge in [-0.25, -0.2) is 8.78 Å². The van der Waals surface area contributed by atoms with Gasteiger partial charge in [0.1, 0.15) is 11.5 Å². The molecule has 0 fully saturated rings. The number of rotatable bonds is 7. The van der Waals surface area contributed by atoms with Crippen molar-refractivity contribution in [3.8, 4) is 11.5 Å². The molecule has 0 N–H and O–H groups in total.